The van der Waals surface area contributed by atoms with Crippen LogP contribution in [0.15, 0.2) is 22.7 Å². The first-order valence-corrected chi connectivity index (χ1v) is 5.22. The van der Waals surface area contributed by atoms with Crippen molar-refractivity contribution in [2.45, 2.75) is 0 Å². The molecule has 0 aliphatic carbocycles. The number of rotatable bonds is 1. The molecule has 0 aliphatic rings. The molecule has 1 heterocycles. The van der Waals surface area contributed by atoms with Crippen molar-refractivity contribution in [3.8, 4) is 0 Å². The van der Waals surface area contributed by atoms with E-state index in [-0.39, 0.29) is 5.00 Å². The second kappa shape index (κ2) is 3.29. The van der Waals surface area contributed by atoms with Crippen LogP contribution < -0.4 is 0 Å². The van der Waals surface area contributed by atoms with Gasteiger partial charge in [0.05, 0.1) is 14.1 Å². The Labute approximate surface area is 90.4 Å². The molecule has 14 heavy (non-hydrogen) atoms. The molecule has 3 nitrogen and oxygen atoms in total. The number of benzene rings is 1. The Kier molecular flexibility index (Phi) is 2.24. The molecule has 0 radical (unpaired) electrons. The minimum Gasteiger partial charge on any atom is -0.258 e. The van der Waals surface area contributed by atoms with E-state index in [0.29, 0.717) is 14.6 Å². The Balaban J connectivity index is 2.77. The molecule has 0 unspecified atom stereocenters. The molecule has 72 valence electrons. The number of hydrogen-bond acceptors (Lipinski definition) is 3. The van der Waals surface area contributed by atoms with Gasteiger partial charge in [0.2, 0.25) is 0 Å². The molecule has 0 atom stereocenters. The van der Waals surface area contributed by atoms with Crippen molar-refractivity contribution in [1.82, 2.24) is 0 Å². The normalized spacial score (nSPS) is 10.7. The highest BCUT2D eigenvalue weighted by Gasteiger charge is 2.15. The van der Waals surface area contributed by atoms with Crippen LogP contribution in [0.2, 0.25) is 0 Å². The summed E-state index contributed by atoms with van der Waals surface area (Å²) in [5.74, 6) is -0.444. The van der Waals surface area contributed by atoms with E-state index in [0.717, 1.165) is 11.3 Å². The van der Waals surface area contributed by atoms with Gasteiger partial charge in [0, 0.05) is 11.5 Å². The number of fused-ring (bicyclic) bond motifs is 1. The van der Waals surface area contributed by atoms with E-state index in [1.807, 2.05) is 0 Å². The van der Waals surface area contributed by atoms with Crippen molar-refractivity contribution >= 4 is 42.4 Å². The van der Waals surface area contributed by atoms with Crippen LogP contribution in [0.4, 0.5) is 9.39 Å². The molecule has 0 amide bonds. The van der Waals surface area contributed by atoms with Gasteiger partial charge >= 0.3 is 5.00 Å². The maximum Gasteiger partial charge on any atom is 0.325 e. The second-order valence-corrected chi connectivity index (χ2v) is 4.51. The van der Waals surface area contributed by atoms with Crippen molar-refractivity contribution in [3.05, 3.63) is 38.6 Å². The van der Waals surface area contributed by atoms with Gasteiger partial charge in [-0.1, -0.05) is 17.4 Å². The third-order valence-corrected chi connectivity index (χ3v) is 3.45. The highest BCUT2D eigenvalue weighted by Crippen LogP contribution is 2.35. The molecule has 0 aliphatic heterocycles. The van der Waals surface area contributed by atoms with Crippen LogP contribution >= 0.6 is 27.3 Å². The van der Waals surface area contributed by atoms with E-state index >= 15 is 0 Å². The summed E-state index contributed by atoms with van der Waals surface area (Å²) in [5.41, 5.74) is 0. The lowest BCUT2D eigenvalue weighted by Gasteiger charge is -1.93. The second-order valence-electron chi connectivity index (χ2n) is 2.62. The Bertz CT molecular complexity index is 525. The average molecular weight is 276 g/mol. The fourth-order valence-corrected chi connectivity index (χ4v) is 2.50. The highest BCUT2D eigenvalue weighted by molar-refractivity contribution is 9.10. The van der Waals surface area contributed by atoms with Crippen LogP contribution in [0.5, 0.6) is 0 Å². The molecule has 0 spiro atoms. The van der Waals surface area contributed by atoms with Crippen LogP contribution in [-0.4, -0.2) is 4.92 Å². The molecule has 0 saturated carbocycles. The molecule has 0 N–H and O–H groups in total. The quantitative estimate of drug-likeness (QED) is 0.588. The van der Waals surface area contributed by atoms with Gasteiger partial charge in [-0.15, -0.1) is 0 Å². The number of nitrogens with zero attached hydrogens (tertiary/aromatic N) is 1. The summed E-state index contributed by atoms with van der Waals surface area (Å²) < 4.78 is 14.0. The largest absolute Gasteiger partial charge is 0.325 e. The summed E-state index contributed by atoms with van der Waals surface area (Å²) in [6.45, 7) is 0. The molecule has 0 bridgehead atoms. The summed E-state index contributed by atoms with van der Waals surface area (Å²) in [6, 6.07) is 4.55. The lowest BCUT2D eigenvalue weighted by atomic mass is 10.2. The molecule has 2 rings (SSSR count). The summed E-state index contributed by atoms with van der Waals surface area (Å²) in [5, 5.41) is 11.0. The van der Waals surface area contributed by atoms with Gasteiger partial charge in [0.15, 0.2) is 5.82 Å². The molecule has 0 saturated heterocycles. The highest BCUT2D eigenvalue weighted by atomic mass is 79.9. The minimum absolute atomic E-state index is 0.0444. The molecular formula is C8H3BrFNO2S. The van der Waals surface area contributed by atoms with E-state index in [9.17, 15) is 14.5 Å². The average Bonchev–Trinajstić information content (AvgIpc) is 2.56. The number of halogens is 2. The zero-order valence-electron chi connectivity index (χ0n) is 6.66. The van der Waals surface area contributed by atoms with Crippen molar-refractivity contribution < 1.29 is 9.31 Å². The van der Waals surface area contributed by atoms with Crippen LogP contribution in [0.3, 0.4) is 0 Å². The van der Waals surface area contributed by atoms with E-state index < -0.39 is 10.7 Å². The lowest BCUT2D eigenvalue weighted by Crippen LogP contribution is -1.80. The van der Waals surface area contributed by atoms with Gasteiger partial charge in [-0.05, 0) is 22.0 Å². The summed E-state index contributed by atoms with van der Waals surface area (Å²) in [4.78, 5) is 9.93. The minimum atomic E-state index is -0.516. The monoisotopic (exact) mass is 275 g/mol. The zero-order valence-corrected chi connectivity index (χ0v) is 9.06. The Morgan fingerprint density at radius 2 is 2.21 bits per heavy atom. The van der Waals surface area contributed by atoms with Gasteiger partial charge < -0.3 is 0 Å². The number of nitro groups is 1. The van der Waals surface area contributed by atoms with Crippen LogP contribution in [0.25, 0.3) is 10.1 Å². The van der Waals surface area contributed by atoms with Crippen LogP contribution in [-0.2, 0) is 0 Å². The first-order chi connectivity index (χ1) is 6.59. The summed E-state index contributed by atoms with van der Waals surface area (Å²) >= 11 is 3.87. The maximum atomic E-state index is 13.4. The predicted octanol–water partition coefficient (Wildman–Crippen LogP) is 3.71. The first-order valence-electron chi connectivity index (χ1n) is 3.61. The Morgan fingerprint density at radius 3 is 2.86 bits per heavy atom. The fourth-order valence-electron chi connectivity index (χ4n) is 1.12. The standard InChI is InChI=1S/C8H3BrFNO2S/c9-5-2-1-4-3-6(11(12)13)14-8(4)7(5)10/h1-3H. The molecule has 1 aromatic heterocycles. The van der Waals surface area contributed by atoms with Gasteiger partial charge in [-0.25, -0.2) is 4.39 Å². The summed E-state index contributed by atoms with van der Waals surface area (Å²) in [7, 11) is 0. The molecule has 0 fully saturated rings. The molecule has 6 heteroatoms. The third-order valence-electron chi connectivity index (χ3n) is 1.75. The topological polar surface area (TPSA) is 43.1 Å². The van der Waals surface area contributed by atoms with Crippen molar-refractivity contribution in [1.29, 1.82) is 0 Å². The Morgan fingerprint density at radius 1 is 1.50 bits per heavy atom. The van der Waals surface area contributed by atoms with Gasteiger partial charge in [-0.3, -0.25) is 10.1 Å². The fraction of sp³-hybridized carbons (Fsp3) is 0. The SMILES string of the molecule is O=[N+]([O-])c1cc2ccc(Br)c(F)c2s1. The van der Waals surface area contributed by atoms with Crippen molar-refractivity contribution in [2.75, 3.05) is 0 Å². The third kappa shape index (κ3) is 1.40. The van der Waals surface area contributed by atoms with Gasteiger partial charge in [0.1, 0.15) is 0 Å². The van der Waals surface area contributed by atoms with E-state index in [1.54, 1.807) is 6.07 Å². The van der Waals surface area contributed by atoms with Gasteiger partial charge in [0.25, 0.3) is 0 Å². The molecular weight excluding hydrogens is 273 g/mol. The number of thiophene rings is 1. The molecule has 2 aromatic rings. The number of hydrogen-bond donors (Lipinski definition) is 0. The van der Waals surface area contributed by atoms with Crippen LogP contribution in [0.1, 0.15) is 0 Å². The lowest BCUT2D eigenvalue weighted by molar-refractivity contribution is -0.380. The predicted molar refractivity (Wildman–Crippen MR) is 56.1 cm³/mol. The molecule has 1 aromatic carbocycles. The Hall–Kier alpha value is -1.01. The first kappa shape index (κ1) is 9.54. The van der Waals surface area contributed by atoms with Crippen LogP contribution in [0, 0.1) is 15.9 Å². The maximum absolute atomic E-state index is 13.4. The van der Waals surface area contributed by atoms with Crippen molar-refractivity contribution in [3.63, 3.8) is 0 Å². The smallest absolute Gasteiger partial charge is 0.258 e. The summed E-state index contributed by atoms with van der Waals surface area (Å²) in [6.07, 6.45) is 0. The van der Waals surface area contributed by atoms with E-state index in [4.69, 9.17) is 0 Å². The van der Waals surface area contributed by atoms with Gasteiger partial charge in [-0.2, -0.15) is 0 Å². The van der Waals surface area contributed by atoms with Crippen molar-refractivity contribution in [2.24, 2.45) is 0 Å². The van der Waals surface area contributed by atoms with E-state index in [1.165, 1.54) is 12.1 Å². The zero-order chi connectivity index (χ0) is 10.3. The van der Waals surface area contributed by atoms with E-state index in [2.05, 4.69) is 15.9 Å².